The van der Waals surface area contributed by atoms with Crippen LogP contribution in [-0.4, -0.2) is 55.0 Å². The number of carboxylic acids is 1. The van der Waals surface area contributed by atoms with Crippen LogP contribution in [-0.2, 0) is 14.6 Å². The van der Waals surface area contributed by atoms with Gasteiger partial charge in [-0.25, -0.2) is 8.42 Å². The van der Waals surface area contributed by atoms with E-state index in [1.54, 1.807) is 4.90 Å². The standard InChI is InChI=1S/C13H23NO4S/c1-2-3-4-5-6-8-14(10-13(15)16)12-7-9-19(17,18)11-12/h2,12H,1,3-11H2,(H,15,16). The Hall–Kier alpha value is -0.880. The summed E-state index contributed by atoms with van der Waals surface area (Å²) in [6.45, 7) is 4.25. The lowest BCUT2D eigenvalue weighted by Crippen LogP contribution is -2.40. The maximum atomic E-state index is 11.5. The van der Waals surface area contributed by atoms with Crippen LogP contribution in [0, 0.1) is 0 Å². The van der Waals surface area contributed by atoms with Gasteiger partial charge in [-0.15, -0.1) is 6.58 Å². The summed E-state index contributed by atoms with van der Waals surface area (Å²) in [7, 11) is -2.96. The Morgan fingerprint density at radius 2 is 2.11 bits per heavy atom. The molecule has 1 unspecified atom stereocenters. The lowest BCUT2D eigenvalue weighted by molar-refractivity contribution is -0.138. The summed E-state index contributed by atoms with van der Waals surface area (Å²) in [5.41, 5.74) is 0. The molecule has 1 atom stereocenters. The number of nitrogens with zero attached hydrogens (tertiary/aromatic N) is 1. The third kappa shape index (κ3) is 6.20. The first-order valence-electron chi connectivity index (χ1n) is 6.72. The maximum Gasteiger partial charge on any atom is 0.317 e. The average Bonchev–Trinajstić information content (AvgIpc) is 2.67. The fourth-order valence-electron chi connectivity index (χ4n) is 2.41. The molecule has 1 saturated heterocycles. The summed E-state index contributed by atoms with van der Waals surface area (Å²) in [6, 6.07) is -0.125. The number of carboxylic acid groups (broad SMARTS) is 1. The van der Waals surface area contributed by atoms with Crippen molar-refractivity contribution in [2.24, 2.45) is 0 Å². The van der Waals surface area contributed by atoms with Crippen LogP contribution in [0.5, 0.6) is 0 Å². The molecule has 1 heterocycles. The topological polar surface area (TPSA) is 74.7 Å². The van der Waals surface area contributed by atoms with Gasteiger partial charge in [-0.1, -0.05) is 12.5 Å². The van der Waals surface area contributed by atoms with Crippen molar-refractivity contribution < 1.29 is 18.3 Å². The van der Waals surface area contributed by atoms with Crippen molar-refractivity contribution in [3.05, 3.63) is 12.7 Å². The number of aliphatic carboxylic acids is 1. The maximum absolute atomic E-state index is 11.5. The predicted molar refractivity (Wildman–Crippen MR) is 74.9 cm³/mol. The molecule has 0 spiro atoms. The number of rotatable bonds is 9. The first-order valence-corrected chi connectivity index (χ1v) is 8.54. The Balaban J connectivity index is 2.43. The first kappa shape index (κ1) is 16.2. The zero-order valence-electron chi connectivity index (χ0n) is 11.3. The third-order valence-electron chi connectivity index (χ3n) is 3.42. The minimum Gasteiger partial charge on any atom is -0.480 e. The number of carbonyl (C=O) groups is 1. The van der Waals surface area contributed by atoms with E-state index in [1.165, 1.54) is 0 Å². The van der Waals surface area contributed by atoms with Gasteiger partial charge in [0.05, 0.1) is 18.1 Å². The second-order valence-electron chi connectivity index (χ2n) is 5.06. The van der Waals surface area contributed by atoms with E-state index in [-0.39, 0.29) is 24.1 Å². The quantitative estimate of drug-likeness (QED) is 0.511. The summed E-state index contributed by atoms with van der Waals surface area (Å²) in [5.74, 6) is -0.604. The SMILES string of the molecule is C=CCCCCCN(CC(=O)O)C1CCS(=O)(=O)C1. The van der Waals surface area contributed by atoms with Gasteiger partial charge in [-0.3, -0.25) is 9.69 Å². The van der Waals surface area contributed by atoms with E-state index >= 15 is 0 Å². The molecular weight excluding hydrogens is 266 g/mol. The lowest BCUT2D eigenvalue weighted by atomic mass is 10.1. The summed E-state index contributed by atoms with van der Waals surface area (Å²) in [6.07, 6.45) is 6.37. The Bertz CT molecular complexity index is 405. The molecule has 6 heteroatoms. The molecule has 0 bridgehead atoms. The Labute approximate surface area is 115 Å². The largest absolute Gasteiger partial charge is 0.480 e. The first-order chi connectivity index (χ1) is 8.94. The molecule has 5 nitrogen and oxygen atoms in total. The molecule has 0 radical (unpaired) electrons. The molecule has 0 amide bonds. The summed E-state index contributed by atoms with van der Waals surface area (Å²) in [5, 5.41) is 8.91. The number of hydrogen-bond acceptors (Lipinski definition) is 4. The van der Waals surface area contributed by atoms with Gasteiger partial charge in [0.25, 0.3) is 0 Å². The van der Waals surface area contributed by atoms with E-state index in [2.05, 4.69) is 6.58 Å². The molecule has 0 saturated carbocycles. The van der Waals surface area contributed by atoms with Crippen LogP contribution in [0.4, 0.5) is 0 Å². The molecule has 0 aromatic rings. The van der Waals surface area contributed by atoms with E-state index in [4.69, 9.17) is 5.11 Å². The fraction of sp³-hybridized carbons (Fsp3) is 0.769. The Kier molecular flexibility index (Phi) is 6.51. The van der Waals surface area contributed by atoms with Gasteiger partial charge in [0.1, 0.15) is 0 Å². The van der Waals surface area contributed by atoms with Crippen molar-refractivity contribution in [3.8, 4) is 0 Å². The van der Waals surface area contributed by atoms with Crippen molar-refractivity contribution in [3.63, 3.8) is 0 Å². The van der Waals surface area contributed by atoms with Crippen molar-refractivity contribution in [2.45, 2.75) is 38.1 Å². The van der Waals surface area contributed by atoms with E-state index in [9.17, 15) is 13.2 Å². The monoisotopic (exact) mass is 289 g/mol. The molecule has 1 fully saturated rings. The van der Waals surface area contributed by atoms with Crippen LogP contribution in [0.1, 0.15) is 32.1 Å². The van der Waals surface area contributed by atoms with E-state index < -0.39 is 15.8 Å². The van der Waals surface area contributed by atoms with Crippen LogP contribution in [0.3, 0.4) is 0 Å². The summed E-state index contributed by atoms with van der Waals surface area (Å²) >= 11 is 0. The number of unbranched alkanes of at least 4 members (excludes halogenated alkanes) is 3. The Morgan fingerprint density at radius 3 is 2.63 bits per heavy atom. The fourth-order valence-corrected chi connectivity index (χ4v) is 4.17. The minimum atomic E-state index is -2.96. The second kappa shape index (κ2) is 7.65. The van der Waals surface area contributed by atoms with Gasteiger partial charge in [-0.2, -0.15) is 0 Å². The molecule has 1 aliphatic rings. The summed E-state index contributed by atoms with van der Waals surface area (Å²) in [4.78, 5) is 12.7. The van der Waals surface area contributed by atoms with Gasteiger partial charge >= 0.3 is 5.97 Å². The van der Waals surface area contributed by atoms with Crippen LogP contribution < -0.4 is 0 Å². The van der Waals surface area contributed by atoms with Crippen molar-refractivity contribution in [1.29, 1.82) is 0 Å². The van der Waals surface area contributed by atoms with Crippen LogP contribution in [0.25, 0.3) is 0 Å². The third-order valence-corrected chi connectivity index (χ3v) is 5.17. The molecule has 19 heavy (non-hydrogen) atoms. The normalized spacial score (nSPS) is 21.6. The van der Waals surface area contributed by atoms with Crippen molar-refractivity contribution in [1.82, 2.24) is 4.90 Å². The highest BCUT2D eigenvalue weighted by Crippen LogP contribution is 2.18. The molecular formula is C13H23NO4S. The number of sulfone groups is 1. The highest BCUT2D eigenvalue weighted by molar-refractivity contribution is 7.91. The predicted octanol–water partition coefficient (Wildman–Crippen LogP) is 1.31. The van der Waals surface area contributed by atoms with Crippen molar-refractivity contribution in [2.75, 3.05) is 24.6 Å². The van der Waals surface area contributed by atoms with E-state index in [0.717, 1.165) is 25.7 Å². The van der Waals surface area contributed by atoms with Crippen LogP contribution in [0.15, 0.2) is 12.7 Å². The van der Waals surface area contributed by atoms with E-state index in [0.29, 0.717) is 13.0 Å². The molecule has 0 aliphatic carbocycles. The van der Waals surface area contributed by atoms with Gasteiger partial charge in [0.15, 0.2) is 9.84 Å². The second-order valence-corrected chi connectivity index (χ2v) is 7.29. The smallest absolute Gasteiger partial charge is 0.317 e. The molecule has 110 valence electrons. The Morgan fingerprint density at radius 1 is 1.37 bits per heavy atom. The highest BCUT2D eigenvalue weighted by Gasteiger charge is 2.32. The minimum absolute atomic E-state index is 0.0678. The molecule has 0 aromatic heterocycles. The van der Waals surface area contributed by atoms with Gasteiger partial charge in [0.2, 0.25) is 0 Å². The number of hydrogen-bond donors (Lipinski definition) is 1. The van der Waals surface area contributed by atoms with Crippen LogP contribution in [0.2, 0.25) is 0 Å². The summed E-state index contributed by atoms with van der Waals surface area (Å²) < 4.78 is 22.9. The lowest BCUT2D eigenvalue weighted by Gasteiger charge is -2.26. The molecule has 0 aromatic carbocycles. The van der Waals surface area contributed by atoms with Gasteiger partial charge in [0, 0.05) is 6.04 Å². The zero-order valence-corrected chi connectivity index (χ0v) is 12.1. The zero-order chi connectivity index (χ0) is 14.3. The molecule has 1 rings (SSSR count). The van der Waals surface area contributed by atoms with E-state index in [1.807, 2.05) is 6.08 Å². The van der Waals surface area contributed by atoms with Gasteiger partial charge in [-0.05, 0) is 32.2 Å². The van der Waals surface area contributed by atoms with Crippen LogP contribution >= 0.6 is 0 Å². The number of allylic oxidation sites excluding steroid dienone is 1. The highest BCUT2D eigenvalue weighted by atomic mass is 32.2. The van der Waals surface area contributed by atoms with Gasteiger partial charge < -0.3 is 5.11 Å². The molecule has 1 aliphatic heterocycles. The average molecular weight is 289 g/mol. The van der Waals surface area contributed by atoms with Crippen molar-refractivity contribution >= 4 is 15.8 Å². The molecule has 1 N–H and O–H groups in total.